The fourth-order valence-electron chi connectivity index (χ4n) is 1.47. The van der Waals surface area contributed by atoms with Crippen LogP contribution in [-0.4, -0.2) is 23.3 Å². The van der Waals surface area contributed by atoms with Gasteiger partial charge in [-0.1, -0.05) is 0 Å². The lowest BCUT2D eigenvalue weighted by molar-refractivity contribution is -0.123. The lowest BCUT2D eigenvalue weighted by atomic mass is 10.1. The second-order valence-electron chi connectivity index (χ2n) is 3.56. The zero-order valence-corrected chi connectivity index (χ0v) is 8.37. The van der Waals surface area contributed by atoms with Crippen LogP contribution in [0.3, 0.4) is 0 Å². The number of pyridine rings is 1. The van der Waals surface area contributed by atoms with Crippen molar-refractivity contribution in [2.75, 3.05) is 11.9 Å². The summed E-state index contributed by atoms with van der Waals surface area (Å²) >= 11 is 0. The molecular formula is C10H10FN3O2. The van der Waals surface area contributed by atoms with E-state index in [1.165, 1.54) is 12.1 Å². The maximum absolute atomic E-state index is 12.5. The molecule has 1 unspecified atom stereocenters. The Bertz CT molecular complexity index is 419. The smallest absolute Gasteiger partial charge is 0.230 e. The molecule has 0 aliphatic carbocycles. The number of nitrogens with one attached hydrogen (secondary N) is 2. The molecule has 6 heteroatoms. The molecule has 1 aromatic heterocycles. The molecule has 0 bridgehead atoms. The molecule has 0 spiro atoms. The number of nitrogens with zero attached hydrogens (tertiary/aromatic N) is 1. The second kappa shape index (κ2) is 4.26. The van der Waals surface area contributed by atoms with Gasteiger partial charge in [0, 0.05) is 13.0 Å². The summed E-state index contributed by atoms with van der Waals surface area (Å²) in [4.78, 5) is 26.2. The van der Waals surface area contributed by atoms with Gasteiger partial charge in [0.25, 0.3) is 0 Å². The van der Waals surface area contributed by atoms with Gasteiger partial charge < -0.3 is 10.6 Å². The molecule has 5 nitrogen and oxygen atoms in total. The molecule has 0 radical (unpaired) electrons. The summed E-state index contributed by atoms with van der Waals surface area (Å²) < 4.78 is 12.5. The summed E-state index contributed by atoms with van der Waals surface area (Å²) in [5.74, 6) is -0.967. The van der Waals surface area contributed by atoms with Crippen LogP contribution in [0.15, 0.2) is 18.3 Å². The first kappa shape index (κ1) is 10.5. The van der Waals surface area contributed by atoms with Crippen LogP contribution in [0.4, 0.5) is 10.2 Å². The SMILES string of the molecule is O=C1CC(C(=O)Nc2ccc(F)cn2)CN1. The highest BCUT2D eigenvalue weighted by molar-refractivity contribution is 5.96. The molecule has 0 saturated carbocycles. The predicted molar refractivity (Wildman–Crippen MR) is 53.9 cm³/mol. The fraction of sp³-hybridized carbons (Fsp3) is 0.300. The van der Waals surface area contributed by atoms with E-state index in [4.69, 9.17) is 0 Å². The van der Waals surface area contributed by atoms with Gasteiger partial charge in [-0.2, -0.15) is 0 Å². The van der Waals surface area contributed by atoms with Gasteiger partial charge in [-0.15, -0.1) is 0 Å². The Balaban J connectivity index is 1.97. The number of hydrogen-bond donors (Lipinski definition) is 2. The molecule has 0 aromatic carbocycles. The van der Waals surface area contributed by atoms with Gasteiger partial charge in [0.2, 0.25) is 11.8 Å². The Morgan fingerprint density at radius 2 is 2.38 bits per heavy atom. The van der Waals surface area contributed by atoms with Gasteiger partial charge in [0.1, 0.15) is 11.6 Å². The van der Waals surface area contributed by atoms with E-state index in [9.17, 15) is 14.0 Å². The number of rotatable bonds is 2. The minimum absolute atomic E-state index is 0.132. The number of halogens is 1. The number of hydrogen-bond acceptors (Lipinski definition) is 3. The van der Waals surface area contributed by atoms with Crippen molar-refractivity contribution >= 4 is 17.6 Å². The van der Waals surface area contributed by atoms with Crippen LogP contribution < -0.4 is 10.6 Å². The highest BCUT2D eigenvalue weighted by Crippen LogP contribution is 2.12. The topological polar surface area (TPSA) is 71.1 Å². The van der Waals surface area contributed by atoms with E-state index in [0.29, 0.717) is 6.54 Å². The zero-order valence-electron chi connectivity index (χ0n) is 8.37. The number of amides is 2. The lowest BCUT2D eigenvalue weighted by Crippen LogP contribution is -2.25. The van der Waals surface area contributed by atoms with Crippen molar-refractivity contribution in [3.05, 3.63) is 24.1 Å². The van der Waals surface area contributed by atoms with E-state index in [1.807, 2.05) is 0 Å². The molecule has 2 rings (SSSR count). The lowest BCUT2D eigenvalue weighted by Gasteiger charge is -2.07. The average Bonchev–Trinajstić information content (AvgIpc) is 2.68. The summed E-state index contributed by atoms with van der Waals surface area (Å²) in [5, 5.41) is 5.09. The van der Waals surface area contributed by atoms with Gasteiger partial charge in [-0.3, -0.25) is 9.59 Å². The molecule has 1 aliphatic heterocycles. The van der Waals surface area contributed by atoms with Crippen LogP contribution >= 0.6 is 0 Å². The largest absolute Gasteiger partial charge is 0.355 e. The summed E-state index contributed by atoms with van der Waals surface area (Å²) in [7, 11) is 0. The molecule has 1 aliphatic rings. The molecule has 1 atom stereocenters. The molecule has 1 fully saturated rings. The zero-order chi connectivity index (χ0) is 11.5. The summed E-state index contributed by atoms with van der Waals surface area (Å²) in [6, 6.07) is 2.58. The van der Waals surface area contributed by atoms with Crippen molar-refractivity contribution in [1.82, 2.24) is 10.3 Å². The Kier molecular flexibility index (Phi) is 2.80. The Labute approximate surface area is 91.1 Å². The van der Waals surface area contributed by atoms with Crippen LogP contribution in [0.1, 0.15) is 6.42 Å². The van der Waals surface area contributed by atoms with Gasteiger partial charge >= 0.3 is 0 Å². The maximum Gasteiger partial charge on any atom is 0.230 e. The van der Waals surface area contributed by atoms with Crippen molar-refractivity contribution in [3.63, 3.8) is 0 Å². The Morgan fingerprint density at radius 3 is 2.94 bits per heavy atom. The molecule has 16 heavy (non-hydrogen) atoms. The maximum atomic E-state index is 12.5. The van der Waals surface area contributed by atoms with Gasteiger partial charge in [0.05, 0.1) is 12.1 Å². The molecular weight excluding hydrogens is 213 g/mol. The van der Waals surface area contributed by atoms with Gasteiger partial charge in [0.15, 0.2) is 0 Å². The number of carbonyl (C=O) groups excluding carboxylic acids is 2. The Hall–Kier alpha value is -1.98. The van der Waals surface area contributed by atoms with E-state index >= 15 is 0 Å². The van der Waals surface area contributed by atoms with Gasteiger partial charge in [-0.05, 0) is 12.1 Å². The molecule has 2 heterocycles. The average molecular weight is 223 g/mol. The van der Waals surface area contributed by atoms with Crippen LogP contribution in [0.25, 0.3) is 0 Å². The third-order valence-corrected chi connectivity index (χ3v) is 2.33. The van der Waals surface area contributed by atoms with Crippen molar-refractivity contribution in [1.29, 1.82) is 0 Å². The Morgan fingerprint density at radius 1 is 1.56 bits per heavy atom. The third-order valence-electron chi connectivity index (χ3n) is 2.33. The van der Waals surface area contributed by atoms with E-state index < -0.39 is 5.82 Å². The molecule has 1 aromatic rings. The van der Waals surface area contributed by atoms with Crippen molar-refractivity contribution < 1.29 is 14.0 Å². The number of anilines is 1. The minimum atomic E-state index is -0.462. The number of carbonyl (C=O) groups is 2. The second-order valence-corrected chi connectivity index (χ2v) is 3.56. The molecule has 2 N–H and O–H groups in total. The van der Waals surface area contributed by atoms with Crippen LogP contribution in [0.5, 0.6) is 0 Å². The van der Waals surface area contributed by atoms with Crippen molar-refractivity contribution in [2.45, 2.75) is 6.42 Å². The third kappa shape index (κ3) is 2.33. The monoisotopic (exact) mass is 223 g/mol. The molecule has 2 amide bonds. The quantitative estimate of drug-likeness (QED) is 0.757. The summed E-state index contributed by atoms with van der Waals surface area (Å²) in [6.45, 7) is 0.339. The highest BCUT2D eigenvalue weighted by atomic mass is 19.1. The minimum Gasteiger partial charge on any atom is -0.355 e. The summed E-state index contributed by atoms with van der Waals surface area (Å²) in [6.07, 6.45) is 1.21. The van der Waals surface area contributed by atoms with E-state index in [2.05, 4.69) is 15.6 Å². The normalized spacial score (nSPS) is 19.3. The highest BCUT2D eigenvalue weighted by Gasteiger charge is 2.27. The van der Waals surface area contributed by atoms with E-state index in [1.54, 1.807) is 0 Å². The fourth-order valence-corrected chi connectivity index (χ4v) is 1.47. The van der Waals surface area contributed by atoms with Crippen molar-refractivity contribution in [2.24, 2.45) is 5.92 Å². The first-order chi connectivity index (χ1) is 7.65. The first-order valence-electron chi connectivity index (χ1n) is 4.84. The van der Waals surface area contributed by atoms with Gasteiger partial charge in [-0.25, -0.2) is 9.37 Å². The predicted octanol–water partition coefficient (Wildman–Crippen LogP) is 0.295. The first-order valence-corrected chi connectivity index (χ1v) is 4.84. The van der Waals surface area contributed by atoms with Crippen LogP contribution in [-0.2, 0) is 9.59 Å². The summed E-state index contributed by atoms with van der Waals surface area (Å²) in [5.41, 5.74) is 0. The molecule has 84 valence electrons. The van der Waals surface area contributed by atoms with E-state index in [0.717, 1.165) is 6.20 Å². The van der Waals surface area contributed by atoms with Crippen LogP contribution in [0, 0.1) is 11.7 Å². The standard InChI is InChI=1S/C10H10FN3O2/c11-7-1-2-8(12-5-7)14-10(16)6-3-9(15)13-4-6/h1-2,5-6H,3-4H2,(H,13,15)(H,12,14,16). The number of aromatic nitrogens is 1. The molecule has 1 saturated heterocycles. The van der Waals surface area contributed by atoms with Crippen LogP contribution in [0.2, 0.25) is 0 Å². The van der Waals surface area contributed by atoms with E-state index in [-0.39, 0.29) is 30.0 Å². The van der Waals surface area contributed by atoms with Crippen molar-refractivity contribution in [3.8, 4) is 0 Å².